The maximum atomic E-state index is 10.8. The van der Waals surface area contributed by atoms with Crippen molar-refractivity contribution in [2.45, 2.75) is 6.42 Å². The molecule has 1 rings (SSSR count). The summed E-state index contributed by atoms with van der Waals surface area (Å²) in [7, 11) is 0. The molecular formula is C9H6Cl2O3. The van der Waals surface area contributed by atoms with Crippen LogP contribution in [0.2, 0.25) is 10.0 Å². The molecule has 0 spiro atoms. The van der Waals surface area contributed by atoms with E-state index in [4.69, 9.17) is 28.3 Å². The number of halogens is 2. The second-order valence-electron chi connectivity index (χ2n) is 2.65. The van der Waals surface area contributed by atoms with E-state index in [9.17, 15) is 9.59 Å². The fraction of sp³-hybridized carbons (Fsp3) is 0.111. The van der Waals surface area contributed by atoms with Crippen LogP contribution in [0.1, 0.15) is 5.56 Å². The van der Waals surface area contributed by atoms with Gasteiger partial charge >= 0.3 is 5.97 Å². The average molecular weight is 233 g/mol. The van der Waals surface area contributed by atoms with Crippen molar-refractivity contribution >= 4 is 35.0 Å². The summed E-state index contributed by atoms with van der Waals surface area (Å²) < 4.78 is 0. The number of aliphatic carboxylic acids is 1. The fourth-order valence-corrected chi connectivity index (χ4v) is 1.23. The van der Waals surface area contributed by atoms with Gasteiger partial charge in [0, 0.05) is 6.42 Å². The highest BCUT2D eigenvalue weighted by atomic mass is 35.5. The minimum absolute atomic E-state index is 0.174. The largest absolute Gasteiger partial charge is 0.475 e. The Morgan fingerprint density at radius 3 is 2.36 bits per heavy atom. The monoisotopic (exact) mass is 232 g/mol. The number of carbonyl (C=O) groups excluding carboxylic acids is 1. The normalized spacial score (nSPS) is 9.86. The number of hydrogen-bond donors (Lipinski definition) is 1. The first-order chi connectivity index (χ1) is 6.50. The standard InChI is InChI=1S/C9H6Cl2O3/c10-6-2-1-5(3-7(6)11)4-8(12)9(13)14/h1-3H,4H2,(H,13,14). The molecular weight excluding hydrogens is 227 g/mol. The summed E-state index contributed by atoms with van der Waals surface area (Å²) in [4.78, 5) is 21.1. The Labute approximate surface area is 90.3 Å². The van der Waals surface area contributed by atoms with E-state index >= 15 is 0 Å². The number of benzene rings is 1. The van der Waals surface area contributed by atoms with Crippen molar-refractivity contribution in [2.75, 3.05) is 0 Å². The van der Waals surface area contributed by atoms with Gasteiger partial charge in [0.15, 0.2) is 0 Å². The number of ketones is 1. The van der Waals surface area contributed by atoms with Crippen molar-refractivity contribution in [1.82, 2.24) is 0 Å². The molecule has 74 valence electrons. The first-order valence-electron chi connectivity index (χ1n) is 3.70. The van der Waals surface area contributed by atoms with Gasteiger partial charge in [-0.3, -0.25) is 4.79 Å². The van der Waals surface area contributed by atoms with Gasteiger partial charge in [-0.1, -0.05) is 29.3 Å². The van der Waals surface area contributed by atoms with E-state index in [1.54, 1.807) is 6.07 Å². The maximum absolute atomic E-state index is 10.8. The van der Waals surface area contributed by atoms with Crippen molar-refractivity contribution in [1.29, 1.82) is 0 Å². The molecule has 0 aliphatic carbocycles. The Morgan fingerprint density at radius 2 is 1.86 bits per heavy atom. The summed E-state index contributed by atoms with van der Waals surface area (Å²) in [5, 5.41) is 9.04. The van der Waals surface area contributed by atoms with Gasteiger partial charge in [0.05, 0.1) is 10.0 Å². The third-order valence-corrected chi connectivity index (χ3v) is 2.33. The van der Waals surface area contributed by atoms with Crippen LogP contribution in [0, 0.1) is 0 Å². The molecule has 0 aromatic heterocycles. The van der Waals surface area contributed by atoms with Crippen LogP contribution in [0.3, 0.4) is 0 Å². The Bertz CT molecular complexity index is 388. The molecule has 14 heavy (non-hydrogen) atoms. The number of carboxylic acid groups (broad SMARTS) is 1. The number of carboxylic acids is 1. The summed E-state index contributed by atoms with van der Waals surface area (Å²) in [5.74, 6) is -2.32. The van der Waals surface area contributed by atoms with E-state index in [2.05, 4.69) is 0 Å². The smallest absolute Gasteiger partial charge is 0.372 e. The highest BCUT2D eigenvalue weighted by Crippen LogP contribution is 2.22. The van der Waals surface area contributed by atoms with E-state index < -0.39 is 11.8 Å². The first-order valence-corrected chi connectivity index (χ1v) is 4.46. The van der Waals surface area contributed by atoms with Crippen molar-refractivity contribution < 1.29 is 14.7 Å². The molecule has 0 atom stereocenters. The predicted molar refractivity (Wildman–Crippen MR) is 52.8 cm³/mol. The van der Waals surface area contributed by atoms with E-state index in [1.807, 2.05) is 0 Å². The highest BCUT2D eigenvalue weighted by Gasteiger charge is 2.12. The summed E-state index contributed by atoms with van der Waals surface area (Å²) in [6.07, 6.45) is -0.174. The topological polar surface area (TPSA) is 54.4 Å². The Kier molecular flexibility index (Phi) is 3.49. The zero-order valence-corrected chi connectivity index (χ0v) is 8.47. The molecule has 1 aromatic carbocycles. The van der Waals surface area contributed by atoms with Gasteiger partial charge in [-0.15, -0.1) is 0 Å². The average Bonchev–Trinajstić information content (AvgIpc) is 2.11. The van der Waals surface area contributed by atoms with Crippen LogP contribution in [0.15, 0.2) is 18.2 Å². The maximum Gasteiger partial charge on any atom is 0.372 e. The molecule has 1 aromatic rings. The molecule has 0 aliphatic heterocycles. The number of carbonyl (C=O) groups is 2. The number of hydrogen-bond acceptors (Lipinski definition) is 2. The van der Waals surface area contributed by atoms with Crippen LogP contribution in [0.4, 0.5) is 0 Å². The minimum Gasteiger partial charge on any atom is -0.475 e. The molecule has 0 saturated carbocycles. The van der Waals surface area contributed by atoms with Crippen LogP contribution in [-0.4, -0.2) is 16.9 Å². The predicted octanol–water partition coefficient (Wildman–Crippen LogP) is 2.19. The van der Waals surface area contributed by atoms with Crippen molar-refractivity contribution in [2.24, 2.45) is 0 Å². The molecule has 0 unspecified atom stereocenters. The molecule has 3 nitrogen and oxygen atoms in total. The lowest BCUT2D eigenvalue weighted by Gasteiger charge is -2.00. The van der Waals surface area contributed by atoms with Crippen molar-refractivity contribution in [3.63, 3.8) is 0 Å². The van der Waals surface area contributed by atoms with Crippen molar-refractivity contribution in [3.8, 4) is 0 Å². The number of rotatable bonds is 3. The zero-order chi connectivity index (χ0) is 10.7. The van der Waals surface area contributed by atoms with E-state index in [1.165, 1.54) is 12.1 Å². The van der Waals surface area contributed by atoms with Gasteiger partial charge in [-0.05, 0) is 17.7 Å². The Hall–Kier alpha value is -1.06. The van der Waals surface area contributed by atoms with Gasteiger partial charge in [-0.25, -0.2) is 4.79 Å². The summed E-state index contributed by atoms with van der Waals surface area (Å²) in [5.41, 5.74) is 0.534. The minimum atomic E-state index is -1.45. The summed E-state index contributed by atoms with van der Waals surface area (Å²) in [6, 6.07) is 4.56. The Balaban J connectivity index is 2.83. The summed E-state index contributed by atoms with van der Waals surface area (Å²) >= 11 is 11.3. The second kappa shape index (κ2) is 4.44. The van der Waals surface area contributed by atoms with Gasteiger partial charge in [-0.2, -0.15) is 0 Å². The van der Waals surface area contributed by atoms with Crippen molar-refractivity contribution in [3.05, 3.63) is 33.8 Å². The van der Waals surface area contributed by atoms with Crippen LogP contribution in [0.5, 0.6) is 0 Å². The molecule has 5 heteroatoms. The quantitative estimate of drug-likeness (QED) is 0.814. The molecule has 0 aliphatic rings. The van der Waals surface area contributed by atoms with E-state index in [-0.39, 0.29) is 6.42 Å². The zero-order valence-electron chi connectivity index (χ0n) is 6.96. The van der Waals surface area contributed by atoms with Gasteiger partial charge in [0.1, 0.15) is 0 Å². The van der Waals surface area contributed by atoms with Crippen LogP contribution in [-0.2, 0) is 16.0 Å². The first kappa shape index (κ1) is 11.0. The Morgan fingerprint density at radius 1 is 1.21 bits per heavy atom. The lowest BCUT2D eigenvalue weighted by molar-refractivity contribution is -0.148. The third-order valence-electron chi connectivity index (χ3n) is 1.59. The van der Waals surface area contributed by atoms with Gasteiger partial charge in [0.2, 0.25) is 5.78 Å². The van der Waals surface area contributed by atoms with Crippen LogP contribution < -0.4 is 0 Å². The third kappa shape index (κ3) is 2.72. The molecule has 0 fully saturated rings. The molecule has 0 amide bonds. The molecule has 0 radical (unpaired) electrons. The second-order valence-corrected chi connectivity index (χ2v) is 3.47. The molecule has 0 saturated heterocycles. The number of Topliss-reactive ketones (excluding diaryl/α,β-unsaturated/α-hetero) is 1. The van der Waals surface area contributed by atoms with Gasteiger partial charge in [0.25, 0.3) is 0 Å². The molecule has 0 heterocycles. The van der Waals surface area contributed by atoms with Crippen LogP contribution >= 0.6 is 23.2 Å². The van der Waals surface area contributed by atoms with Crippen LogP contribution in [0.25, 0.3) is 0 Å². The van der Waals surface area contributed by atoms with E-state index in [0.29, 0.717) is 15.6 Å². The SMILES string of the molecule is O=C(O)C(=O)Cc1ccc(Cl)c(Cl)c1. The lowest BCUT2D eigenvalue weighted by atomic mass is 10.1. The highest BCUT2D eigenvalue weighted by molar-refractivity contribution is 6.42. The van der Waals surface area contributed by atoms with Gasteiger partial charge < -0.3 is 5.11 Å². The fourth-order valence-electron chi connectivity index (χ4n) is 0.911. The summed E-state index contributed by atoms with van der Waals surface area (Å²) in [6.45, 7) is 0. The lowest BCUT2D eigenvalue weighted by Crippen LogP contribution is -2.14. The molecule has 0 bridgehead atoms. The van der Waals surface area contributed by atoms with E-state index in [0.717, 1.165) is 0 Å². The molecule has 1 N–H and O–H groups in total.